The van der Waals surface area contributed by atoms with E-state index in [1.165, 1.54) is 24.8 Å². The Hall–Kier alpha value is -1.02. The van der Waals surface area contributed by atoms with E-state index in [0.29, 0.717) is 0 Å². The first-order valence-corrected chi connectivity index (χ1v) is 6.16. The maximum atomic E-state index is 5.75. The third-order valence-corrected chi connectivity index (χ3v) is 2.57. The molecule has 2 nitrogen and oxygen atoms in total. The molecule has 0 aliphatic carbocycles. The van der Waals surface area contributed by atoms with Gasteiger partial charge < -0.3 is 10.1 Å². The zero-order valence-electron chi connectivity index (χ0n) is 10.6. The number of unbranched alkanes of at least 4 members (excludes halogenated alkanes) is 1. The quantitative estimate of drug-likeness (QED) is 0.764. The average molecular weight is 221 g/mol. The average Bonchev–Trinajstić information content (AvgIpc) is 2.28. The van der Waals surface area contributed by atoms with Gasteiger partial charge >= 0.3 is 0 Å². The van der Waals surface area contributed by atoms with E-state index in [4.69, 9.17) is 4.74 Å². The predicted molar refractivity (Wildman–Crippen MR) is 69.1 cm³/mol. The van der Waals surface area contributed by atoms with Crippen molar-refractivity contribution in [3.05, 3.63) is 29.8 Å². The second kappa shape index (κ2) is 7.29. The first-order chi connectivity index (χ1) is 7.76. The summed E-state index contributed by atoms with van der Waals surface area (Å²) in [6.07, 6.45) is 3.89. The zero-order chi connectivity index (χ0) is 11.8. The molecular formula is C14H23NO. The molecule has 16 heavy (non-hydrogen) atoms. The van der Waals surface area contributed by atoms with Crippen molar-refractivity contribution in [2.24, 2.45) is 0 Å². The van der Waals surface area contributed by atoms with Crippen molar-refractivity contribution in [1.29, 1.82) is 0 Å². The Kier molecular flexibility index (Phi) is 5.94. The molecule has 1 N–H and O–H groups in total. The Bertz CT molecular complexity index is 281. The molecule has 0 spiro atoms. The second-order valence-electron chi connectivity index (χ2n) is 4.23. The lowest BCUT2D eigenvalue weighted by atomic mass is 10.1. The van der Waals surface area contributed by atoms with Crippen LogP contribution in [0, 0.1) is 0 Å². The first kappa shape index (κ1) is 13.0. The number of rotatable bonds is 7. The Morgan fingerprint density at radius 1 is 1.25 bits per heavy atom. The summed E-state index contributed by atoms with van der Waals surface area (Å²) in [5, 5.41) is 3.10. The van der Waals surface area contributed by atoms with Crippen molar-refractivity contribution in [3.63, 3.8) is 0 Å². The summed E-state index contributed by atoms with van der Waals surface area (Å²) in [4.78, 5) is 0. The molecule has 0 amide bonds. The maximum Gasteiger partial charge on any atom is 0.119 e. The van der Waals surface area contributed by atoms with E-state index in [1.54, 1.807) is 0 Å². The summed E-state index contributed by atoms with van der Waals surface area (Å²) in [5.41, 5.74) is 1.40. The van der Waals surface area contributed by atoms with Crippen LogP contribution in [0.5, 0.6) is 5.75 Å². The Balaban J connectivity index is 2.44. The SMILES string of the molecule is CCCCc1ccc(OC(C)CNC)cc1. The lowest BCUT2D eigenvalue weighted by molar-refractivity contribution is 0.220. The molecule has 0 fully saturated rings. The van der Waals surface area contributed by atoms with Crippen LogP contribution in [0.4, 0.5) is 0 Å². The Labute approximate surface area is 99.0 Å². The fourth-order valence-electron chi connectivity index (χ4n) is 1.68. The number of hydrogen-bond donors (Lipinski definition) is 1. The largest absolute Gasteiger partial charge is 0.489 e. The molecule has 1 rings (SSSR count). The molecule has 90 valence electrons. The van der Waals surface area contributed by atoms with Gasteiger partial charge in [0.25, 0.3) is 0 Å². The van der Waals surface area contributed by atoms with Crippen LogP contribution >= 0.6 is 0 Å². The van der Waals surface area contributed by atoms with Crippen molar-refractivity contribution in [2.75, 3.05) is 13.6 Å². The molecule has 0 aromatic heterocycles. The molecule has 0 heterocycles. The van der Waals surface area contributed by atoms with Gasteiger partial charge in [0, 0.05) is 6.54 Å². The van der Waals surface area contributed by atoms with Crippen LogP contribution in [0.3, 0.4) is 0 Å². The van der Waals surface area contributed by atoms with Crippen molar-refractivity contribution >= 4 is 0 Å². The van der Waals surface area contributed by atoms with Crippen LogP contribution in [-0.2, 0) is 6.42 Å². The van der Waals surface area contributed by atoms with Crippen LogP contribution in [-0.4, -0.2) is 19.7 Å². The fraction of sp³-hybridized carbons (Fsp3) is 0.571. The lowest BCUT2D eigenvalue weighted by Gasteiger charge is -2.14. The van der Waals surface area contributed by atoms with Crippen molar-refractivity contribution in [3.8, 4) is 5.75 Å². The van der Waals surface area contributed by atoms with Gasteiger partial charge in [-0.3, -0.25) is 0 Å². The topological polar surface area (TPSA) is 21.3 Å². The number of hydrogen-bond acceptors (Lipinski definition) is 2. The van der Waals surface area contributed by atoms with Gasteiger partial charge in [0.15, 0.2) is 0 Å². The minimum absolute atomic E-state index is 0.214. The van der Waals surface area contributed by atoms with E-state index in [-0.39, 0.29) is 6.10 Å². The molecule has 0 aliphatic rings. The van der Waals surface area contributed by atoms with Crippen molar-refractivity contribution < 1.29 is 4.74 Å². The third kappa shape index (κ3) is 4.67. The fourth-order valence-corrected chi connectivity index (χ4v) is 1.68. The molecule has 0 radical (unpaired) electrons. The van der Waals surface area contributed by atoms with Crippen molar-refractivity contribution in [1.82, 2.24) is 5.32 Å². The molecule has 0 saturated heterocycles. The molecule has 1 aromatic carbocycles. The van der Waals surface area contributed by atoms with E-state index < -0.39 is 0 Å². The van der Waals surface area contributed by atoms with Gasteiger partial charge in [-0.15, -0.1) is 0 Å². The highest BCUT2D eigenvalue weighted by atomic mass is 16.5. The molecule has 1 aromatic rings. The smallest absolute Gasteiger partial charge is 0.119 e. The maximum absolute atomic E-state index is 5.75. The van der Waals surface area contributed by atoms with Gasteiger partial charge in [0.1, 0.15) is 11.9 Å². The van der Waals surface area contributed by atoms with Gasteiger partial charge in [-0.1, -0.05) is 25.5 Å². The minimum atomic E-state index is 0.214. The van der Waals surface area contributed by atoms with E-state index in [9.17, 15) is 0 Å². The summed E-state index contributed by atoms with van der Waals surface area (Å²) < 4.78 is 5.75. The molecular weight excluding hydrogens is 198 g/mol. The Morgan fingerprint density at radius 3 is 2.50 bits per heavy atom. The van der Waals surface area contributed by atoms with Gasteiger partial charge in [-0.05, 0) is 44.5 Å². The summed E-state index contributed by atoms with van der Waals surface area (Å²) in [6.45, 7) is 5.16. The lowest BCUT2D eigenvalue weighted by Crippen LogP contribution is -2.25. The zero-order valence-corrected chi connectivity index (χ0v) is 10.6. The first-order valence-electron chi connectivity index (χ1n) is 6.16. The summed E-state index contributed by atoms with van der Waals surface area (Å²) in [6, 6.07) is 8.46. The molecule has 0 saturated carbocycles. The van der Waals surface area contributed by atoms with E-state index in [2.05, 4.69) is 43.4 Å². The van der Waals surface area contributed by atoms with Gasteiger partial charge in [0.2, 0.25) is 0 Å². The minimum Gasteiger partial charge on any atom is -0.489 e. The molecule has 0 aliphatic heterocycles. The Morgan fingerprint density at radius 2 is 1.94 bits per heavy atom. The van der Waals surface area contributed by atoms with E-state index in [0.717, 1.165) is 12.3 Å². The van der Waals surface area contributed by atoms with Gasteiger partial charge in [-0.25, -0.2) is 0 Å². The molecule has 2 heteroatoms. The highest BCUT2D eigenvalue weighted by Crippen LogP contribution is 2.15. The number of aryl methyl sites for hydroxylation is 1. The van der Waals surface area contributed by atoms with Crippen molar-refractivity contribution in [2.45, 2.75) is 39.2 Å². The highest BCUT2D eigenvalue weighted by Gasteiger charge is 2.02. The number of benzene rings is 1. The summed E-state index contributed by atoms with van der Waals surface area (Å²) in [7, 11) is 1.94. The summed E-state index contributed by atoms with van der Waals surface area (Å²) >= 11 is 0. The second-order valence-corrected chi connectivity index (χ2v) is 4.23. The molecule has 1 atom stereocenters. The highest BCUT2D eigenvalue weighted by molar-refractivity contribution is 5.27. The van der Waals surface area contributed by atoms with Crippen LogP contribution < -0.4 is 10.1 Å². The normalized spacial score (nSPS) is 12.4. The number of nitrogens with one attached hydrogen (secondary N) is 1. The summed E-state index contributed by atoms with van der Waals surface area (Å²) in [5.74, 6) is 0.961. The number of ether oxygens (including phenoxy) is 1. The molecule has 0 bridgehead atoms. The van der Waals surface area contributed by atoms with Gasteiger partial charge in [-0.2, -0.15) is 0 Å². The van der Waals surface area contributed by atoms with Crippen LogP contribution in [0.1, 0.15) is 32.3 Å². The number of likely N-dealkylation sites (N-methyl/N-ethyl adjacent to an activating group) is 1. The molecule has 1 unspecified atom stereocenters. The van der Waals surface area contributed by atoms with Crippen LogP contribution in [0.15, 0.2) is 24.3 Å². The van der Waals surface area contributed by atoms with Gasteiger partial charge in [0.05, 0.1) is 0 Å². The van der Waals surface area contributed by atoms with Crippen LogP contribution in [0.2, 0.25) is 0 Å². The van der Waals surface area contributed by atoms with E-state index in [1.807, 2.05) is 7.05 Å². The van der Waals surface area contributed by atoms with E-state index >= 15 is 0 Å². The third-order valence-electron chi connectivity index (χ3n) is 2.57. The monoisotopic (exact) mass is 221 g/mol. The standard InChI is InChI=1S/C14H23NO/c1-4-5-6-13-7-9-14(10-8-13)16-12(2)11-15-3/h7-10,12,15H,4-6,11H2,1-3H3. The van der Waals surface area contributed by atoms with Crippen LogP contribution in [0.25, 0.3) is 0 Å². The predicted octanol–water partition coefficient (Wildman–Crippen LogP) is 3.02.